The second-order valence-electron chi connectivity index (χ2n) is 6.50. The molecular formula is C19H32N2. The normalized spacial score (nSPS) is 23.3. The first-order valence-corrected chi connectivity index (χ1v) is 8.83. The van der Waals surface area contributed by atoms with Gasteiger partial charge in [-0.25, -0.2) is 0 Å². The Morgan fingerprint density at radius 3 is 2.52 bits per heavy atom. The topological polar surface area (TPSA) is 15.3 Å². The van der Waals surface area contributed by atoms with Crippen LogP contribution in [0, 0.1) is 0 Å². The van der Waals surface area contributed by atoms with Crippen molar-refractivity contribution in [3.05, 3.63) is 35.9 Å². The molecule has 2 unspecified atom stereocenters. The van der Waals surface area contributed by atoms with Crippen LogP contribution >= 0.6 is 0 Å². The highest BCUT2D eigenvalue weighted by atomic mass is 15.2. The van der Waals surface area contributed by atoms with Crippen LogP contribution in [0.4, 0.5) is 0 Å². The van der Waals surface area contributed by atoms with Gasteiger partial charge in [-0.05, 0) is 25.5 Å². The average Bonchev–Trinajstić information content (AvgIpc) is 2.52. The molecule has 2 nitrogen and oxygen atoms in total. The van der Waals surface area contributed by atoms with Crippen LogP contribution in [0.1, 0.15) is 64.0 Å². The van der Waals surface area contributed by atoms with E-state index < -0.39 is 0 Å². The average molecular weight is 288 g/mol. The molecule has 1 aliphatic heterocycles. The summed E-state index contributed by atoms with van der Waals surface area (Å²) in [4.78, 5) is 2.69. The van der Waals surface area contributed by atoms with E-state index in [2.05, 4.69) is 54.4 Å². The highest BCUT2D eigenvalue weighted by Gasteiger charge is 2.26. The molecule has 1 heterocycles. The molecule has 0 aromatic heterocycles. The van der Waals surface area contributed by atoms with Gasteiger partial charge in [-0.2, -0.15) is 0 Å². The summed E-state index contributed by atoms with van der Waals surface area (Å²) in [5, 5.41) is 3.64. The van der Waals surface area contributed by atoms with E-state index in [1.54, 1.807) is 0 Å². The first kappa shape index (κ1) is 16.5. The Kier molecular flexibility index (Phi) is 7.25. The van der Waals surface area contributed by atoms with Crippen molar-refractivity contribution in [3.63, 3.8) is 0 Å². The second-order valence-corrected chi connectivity index (χ2v) is 6.50. The molecule has 1 saturated heterocycles. The Hall–Kier alpha value is -0.860. The van der Waals surface area contributed by atoms with Crippen LogP contribution in [0.15, 0.2) is 30.3 Å². The minimum Gasteiger partial charge on any atom is -0.311 e. The van der Waals surface area contributed by atoms with Crippen molar-refractivity contribution >= 4 is 0 Å². The van der Waals surface area contributed by atoms with E-state index in [-0.39, 0.29) is 0 Å². The molecule has 1 fully saturated rings. The van der Waals surface area contributed by atoms with Crippen LogP contribution < -0.4 is 5.32 Å². The molecule has 1 aromatic rings. The molecule has 2 heteroatoms. The van der Waals surface area contributed by atoms with Gasteiger partial charge in [0.25, 0.3) is 0 Å². The van der Waals surface area contributed by atoms with Gasteiger partial charge in [-0.3, -0.25) is 4.90 Å². The zero-order valence-electron chi connectivity index (χ0n) is 13.9. The Morgan fingerprint density at radius 1 is 1.05 bits per heavy atom. The van der Waals surface area contributed by atoms with E-state index in [1.165, 1.54) is 57.2 Å². The maximum absolute atomic E-state index is 3.64. The van der Waals surface area contributed by atoms with E-state index in [0.717, 1.165) is 6.54 Å². The molecule has 2 rings (SSSR count). The Balaban J connectivity index is 1.81. The summed E-state index contributed by atoms with van der Waals surface area (Å²) in [7, 11) is 0. The van der Waals surface area contributed by atoms with Crippen molar-refractivity contribution in [1.82, 2.24) is 10.2 Å². The fraction of sp³-hybridized carbons (Fsp3) is 0.684. The number of piperazine rings is 1. The first-order valence-electron chi connectivity index (χ1n) is 8.83. The maximum Gasteiger partial charge on any atom is 0.0473 e. The summed E-state index contributed by atoms with van der Waals surface area (Å²) >= 11 is 0. The summed E-state index contributed by atoms with van der Waals surface area (Å²) in [6.07, 6.45) is 8.30. The zero-order valence-corrected chi connectivity index (χ0v) is 13.9. The lowest BCUT2D eigenvalue weighted by Gasteiger charge is -2.39. The highest BCUT2D eigenvalue weighted by molar-refractivity contribution is 5.20. The van der Waals surface area contributed by atoms with Crippen molar-refractivity contribution in [3.8, 4) is 0 Å². The number of benzene rings is 1. The third kappa shape index (κ3) is 5.44. The van der Waals surface area contributed by atoms with E-state index in [1.807, 2.05) is 0 Å². The molecule has 0 aliphatic carbocycles. The number of hydrogen-bond donors (Lipinski definition) is 1. The van der Waals surface area contributed by atoms with Crippen molar-refractivity contribution in [2.75, 3.05) is 19.6 Å². The summed E-state index contributed by atoms with van der Waals surface area (Å²) < 4.78 is 0. The predicted octanol–water partition coefficient (Wildman–Crippen LogP) is 4.38. The van der Waals surface area contributed by atoms with Crippen molar-refractivity contribution in [2.45, 2.75) is 64.5 Å². The van der Waals surface area contributed by atoms with Crippen LogP contribution in [0.25, 0.3) is 0 Å². The number of nitrogens with zero attached hydrogens (tertiary/aromatic N) is 1. The van der Waals surface area contributed by atoms with E-state index in [4.69, 9.17) is 0 Å². The molecule has 2 atom stereocenters. The monoisotopic (exact) mass is 288 g/mol. The quantitative estimate of drug-likeness (QED) is 0.714. The lowest BCUT2D eigenvalue weighted by Crippen LogP contribution is -2.51. The van der Waals surface area contributed by atoms with Gasteiger partial charge in [-0.15, -0.1) is 0 Å². The highest BCUT2D eigenvalue weighted by Crippen LogP contribution is 2.24. The van der Waals surface area contributed by atoms with E-state index >= 15 is 0 Å². The predicted molar refractivity (Wildman–Crippen MR) is 91.6 cm³/mol. The minimum atomic E-state index is 0.554. The van der Waals surface area contributed by atoms with Crippen LogP contribution in [0.3, 0.4) is 0 Å². The summed E-state index contributed by atoms with van der Waals surface area (Å²) in [5.41, 5.74) is 1.46. The summed E-state index contributed by atoms with van der Waals surface area (Å²) in [6, 6.07) is 12.2. The van der Waals surface area contributed by atoms with Crippen LogP contribution in [0.2, 0.25) is 0 Å². The van der Waals surface area contributed by atoms with Gasteiger partial charge in [0.15, 0.2) is 0 Å². The number of unbranched alkanes of at least 4 members (excludes halogenated alkanes) is 5. The summed E-state index contributed by atoms with van der Waals surface area (Å²) in [6.45, 7) is 8.09. The molecule has 1 N–H and O–H groups in total. The molecule has 1 aromatic carbocycles. The molecule has 0 saturated carbocycles. The molecule has 0 spiro atoms. The van der Waals surface area contributed by atoms with Gasteiger partial charge in [-0.1, -0.05) is 69.4 Å². The SMILES string of the molecule is CCCCCCCCN1CC(C)NCC1c1ccccc1. The van der Waals surface area contributed by atoms with Gasteiger partial charge >= 0.3 is 0 Å². The lowest BCUT2D eigenvalue weighted by atomic mass is 10.0. The molecule has 0 radical (unpaired) electrons. The standard InChI is InChI=1S/C19H32N2/c1-3-4-5-6-7-11-14-21-16-17(2)20-15-19(21)18-12-9-8-10-13-18/h8-10,12-13,17,19-20H,3-7,11,14-16H2,1-2H3. The van der Waals surface area contributed by atoms with Crippen molar-refractivity contribution < 1.29 is 0 Å². The minimum absolute atomic E-state index is 0.554. The number of nitrogens with one attached hydrogen (secondary N) is 1. The number of rotatable bonds is 8. The smallest absolute Gasteiger partial charge is 0.0473 e. The fourth-order valence-corrected chi connectivity index (χ4v) is 3.33. The third-order valence-corrected chi connectivity index (χ3v) is 4.59. The fourth-order valence-electron chi connectivity index (χ4n) is 3.33. The van der Waals surface area contributed by atoms with E-state index in [9.17, 15) is 0 Å². The lowest BCUT2D eigenvalue weighted by molar-refractivity contribution is 0.133. The zero-order chi connectivity index (χ0) is 14.9. The van der Waals surface area contributed by atoms with Gasteiger partial charge in [0, 0.05) is 25.2 Å². The van der Waals surface area contributed by atoms with Crippen molar-refractivity contribution in [2.24, 2.45) is 0 Å². The molecule has 0 bridgehead atoms. The van der Waals surface area contributed by atoms with Gasteiger partial charge in [0.2, 0.25) is 0 Å². The van der Waals surface area contributed by atoms with E-state index in [0.29, 0.717) is 12.1 Å². The van der Waals surface area contributed by atoms with Gasteiger partial charge in [0.05, 0.1) is 0 Å². The molecular weight excluding hydrogens is 256 g/mol. The Bertz CT molecular complexity index is 376. The molecule has 118 valence electrons. The van der Waals surface area contributed by atoms with Crippen LogP contribution in [0.5, 0.6) is 0 Å². The third-order valence-electron chi connectivity index (χ3n) is 4.59. The Morgan fingerprint density at radius 2 is 1.76 bits per heavy atom. The van der Waals surface area contributed by atoms with Gasteiger partial charge < -0.3 is 5.32 Å². The molecule has 1 aliphatic rings. The Labute approximate surface area is 130 Å². The summed E-state index contributed by atoms with van der Waals surface area (Å²) in [5.74, 6) is 0. The maximum atomic E-state index is 3.64. The first-order chi connectivity index (χ1) is 10.3. The van der Waals surface area contributed by atoms with Gasteiger partial charge in [0.1, 0.15) is 0 Å². The molecule has 0 amide bonds. The molecule has 21 heavy (non-hydrogen) atoms. The van der Waals surface area contributed by atoms with Crippen LogP contribution in [-0.4, -0.2) is 30.6 Å². The van der Waals surface area contributed by atoms with Crippen molar-refractivity contribution in [1.29, 1.82) is 0 Å². The van der Waals surface area contributed by atoms with Crippen LogP contribution in [-0.2, 0) is 0 Å². The second kappa shape index (κ2) is 9.22. The largest absolute Gasteiger partial charge is 0.311 e. The number of hydrogen-bond acceptors (Lipinski definition) is 2.